The first kappa shape index (κ1) is 11.9. The van der Waals surface area contributed by atoms with E-state index in [1.165, 1.54) is 6.42 Å². The van der Waals surface area contributed by atoms with Gasteiger partial charge in [0.25, 0.3) is 0 Å². The van der Waals surface area contributed by atoms with Crippen LogP contribution in [0.3, 0.4) is 0 Å². The van der Waals surface area contributed by atoms with E-state index in [9.17, 15) is 0 Å². The van der Waals surface area contributed by atoms with Crippen LogP contribution in [0.4, 0.5) is 5.82 Å². The van der Waals surface area contributed by atoms with E-state index in [1.54, 1.807) is 0 Å². The van der Waals surface area contributed by atoms with Gasteiger partial charge in [-0.05, 0) is 37.9 Å². The molecule has 1 unspecified atom stereocenters. The SMILES string of the molecule is c1ccc(N2CCC(OC3CCNC3)CC2)nc1. The van der Waals surface area contributed by atoms with Crippen molar-refractivity contribution in [1.29, 1.82) is 0 Å². The lowest BCUT2D eigenvalue weighted by atomic mass is 10.1. The largest absolute Gasteiger partial charge is 0.373 e. The second-order valence-electron chi connectivity index (χ2n) is 5.13. The van der Waals surface area contributed by atoms with Crippen LogP contribution in [0.25, 0.3) is 0 Å². The molecule has 2 saturated heterocycles. The third kappa shape index (κ3) is 2.82. The second kappa shape index (κ2) is 5.67. The third-order valence-corrected chi connectivity index (χ3v) is 3.82. The van der Waals surface area contributed by atoms with E-state index in [1.807, 2.05) is 12.3 Å². The Hall–Kier alpha value is -1.13. The van der Waals surface area contributed by atoms with Gasteiger partial charge in [0, 0.05) is 25.8 Å². The highest BCUT2D eigenvalue weighted by atomic mass is 16.5. The maximum absolute atomic E-state index is 6.13. The maximum Gasteiger partial charge on any atom is 0.128 e. The Morgan fingerprint density at radius 1 is 1.17 bits per heavy atom. The Bertz CT molecular complexity index is 357. The molecule has 2 aliphatic heterocycles. The maximum atomic E-state index is 6.13. The van der Waals surface area contributed by atoms with Gasteiger partial charge in [-0.25, -0.2) is 4.98 Å². The first-order chi connectivity index (χ1) is 8.92. The molecule has 1 N–H and O–H groups in total. The summed E-state index contributed by atoms with van der Waals surface area (Å²) in [6, 6.07) is 6.10. The normalized spacial score (nSPS) is 25.6. The Morgan fingerprint density at radius 3 is 2.72 bits per heavy atom. The number of pyridine rings is 1. The van der Waals surface area contributed by atoms with E-state index in [-0.39, 0.29) is 0 Å². The third-order valence-electron chi connectivity index (χ3n) is 3.82. The van der Waals surface area contributed by atoms with E-state index in [4.69, 9.17) is 4.74 Å². The van der Waals surface area contributed by atoms with Crippen LogP contribution in [0, 0.1) is 0 Å². The van der Waals surface area contributed by atoms with Crippen molar-refractivity contribution in [3.63, 3.8) is 0 Å². The highest BCUT2D eigenvalue weighted by Crippen LogP contribution is 2.21. The fraction of sp³-hybridized carbons (Fsp3) is 0.643. The van der Waals surface area contributed by atoms with E-state index in [0.29, 0.717) is 12.2 Å². The summed E-state index contributed by atoms with van der Waals surface area (Å²) in [6.45, 7) is 4.25. The zero-order chi connectivity index (χ0) is 12.2. The summed E-state index contributed by atoms with van der Waals surface area (Å²) in [5.74, 6) is 1.10. The van der Waals surface area contributed by atoms with Crippen LogP contribution in [0.1, 0.15) is 19.3 Å². The quantitative estimate of drug-likeness (QED) is 0.877. The Kier molecular flexibility index (Phi) is 3.76. The summed E-state index contributed by atoms with van der Waals surface area (Å²) in [7, 11) is 0. The van der Waals surface area contributed by atoms with E-state index >= 15 is 0 Å². The molecule has 0 amide bonds. The van der Waals surface area contributed by atoms with Gasteiger partial charge >= 0.3 is 0 Å². The number of nitrogens with zero attached hydrogens (tertiary/aromatic N) is 2. The van der Waals surface area contributed by atoms with Gasteiger partial charge < -0.3 is 15.0 Å². The molecule has 0 radical (unpaired) electrons. The first-order valence-electron chi connectivity index (χ1n) is 6.94. The van der Waals surface area contributed by atoms with Crippen LogP contribution >= 0.6 is 0 Å². The summed E-state index contributed by atoms with van der Waals surface area (Å²) in [5.41, 5.74) is 0. The van der Waals surface area contributed by atoms with E-state index in [2.05, 4.69) is 27.3 Å². The van der Waals surface area contributed by atoms with Crippen LogP contribution in [0.2, 0.25) is 0 Å². The van der Waals surface area contributed by atoms with E-state index in [0.717, 1.165) is 44.8 Å². The number of hydrogen-bond donors (Lipinski definition) is 1. The molecule has 1 atom stereocenters. The predicted molar refractivity (Wildman–Crippen MR) is 71.8 cm³/mol. The number of anilines is 1. The number of aromatic nitrogens is 1. The van der Waals surface area contributed by atoms with Crippen molar-refractivity contribution in [3.05, 3.63) is 24.4 Å². The Labute approximate surface area is 108 Å². The number of rotatable bonds is 3. The highest BCUT2D eigenvalue weighted by molar-refractivity contribution is 5.38. The summed E-state index contributed by atoms with van der Waals surface area (Å²) < 4.78 is 6.13. The van der Waals surface area contributed by atoms with Gasteiger partial charge in [-0.15, -0.1) is 0 Å². The van der Waals surface area contributed by atoms with Crippen LogP contribution < -0.4 is 10.2 Å². The lowest BCUT2D eigenvalue weighted by Crippen LogP contribution is -2.39. The first-order valence-corrected chi connectivity index (χ1v) is 6.94. The molecule has 4 heteroatoms. The minimum absolute atomic E-state index is 0.440. The second-order valence-corrected chi connectivity index (χ2v) is 5.13. The summed E-state index contributed by atoms with van der Waals surface area (Å²) in [4.78, 5) is 6.76. The average Bonchev–Trinajstić information content (AvgIpc) is 2.94. The molecular weight excluding hydrogens is 226 g/mol. The van der Waals surface area contributed by atoms with Crippen molar-refractivity contribution in [1.82, 2.24) is 10.3 Å². The van der Waals surface area contributed by atoms with Gasteiger partial charge in [0.05, 0.1) is 12.2 Å². The van der Waals surface area contributed by atoms with Crippen LogP contribution in [0.15, 0.2) is 24.4 Å². The minimum Gasteiger partial charge on any atom is -0.373 e. The van der Waals surface area contributed by atoms with Gasteiger partial charge in [-0.3, -0.25) is 0 Å². The number of hydrogen-bond acceptors (Lipinski definition) is 4. The molecular formula is C14H21N3O. The fourth-order valence-electron chi connectivity index (χ4n) is 2.78. The lowest BCUT2D eigenvalue weighted by Gasteiger charge is -2.33. The number of nitrogens with one attached hydrogen (secondary N) is 1. The van der Waals surface area contributed by atoms with Crippen molar-refractivity contribution in [2.45, 2.75) is 31.5 Å². The molecule has 1 aromatic rings. The van der Waals surface area contributed by atoms with Gasteiger partial charge in [0.15, 0.2) is 0 Å². The van der Waals surface area contributed by atoms with E-state index < -0.39 is 0 Å². The standard InChI is InChI=1S/C14H21N3O/c1-2-7-16-14(3-1)17-9-5-12(6-10-17)18-13-4-8-15-11-13/h1-3,7,12-13,15H,4-6,8-11H2. The molecule has 3 heterocycles. The van der Waals surface area contributed by atoms with Gasteiger partial charge in [-0.2, -0.15) is 0 Å². The Morgan fingerprint density at radius 2 is 2.06 bits per heavy atom. The van der Waals surface area contributed by atoms with Gasteiger partial charge in [0.2, 0.25) is 0 Å². The molecule has 1 aromatic heterocycles. The molecule has 0 spiro atoms. The lowest BCUT2D eigenvalue weighted by molar-refractivity contribution is -0.0131. The minimum atomic E-state index is 0.440. The highest BCUT2D eigenvalue weighted by Gasteiger charge is 2.24. The Balaban J connectivity index is 1.49. The summed E-state index contributed by atoms with van der Waals surface area (Å²) >= 11 is 0. The molecule has 0 saturated carbocycles. The molecule has 0 bridgehead atoms. The van der Waals surface area contributed by atoms with Crippen molar-refractivity contribution >= 4 is 5.82 Å². The molecule has 3 rings (SSSR count). The molecule has 18 heavy (non-hydrogen) atoms. The summed E-state index contributed by atoms with van der Waals surface area (Å²) in [6.07, 6.45) is 6.15. The van der Waals surface area contributed by atoms with Crippen LogP contribution in [-0.4, -0.2) is 43.4 Å². The predicted octanol–water partition coefficient (Wildman–Crippen LogP) is 1.43. The zero-order valence-corrected chi connectivity index (χ0v) is 10.7. The molecule has 2 aliphatic rings. The molecule has 98 valence electrons. The molecule has 0 aromatic carbocycles. The molecule has 2 fully saturated rings. The van der Waals surface area contributed by atoms with Crippen molar-refractivity contribution in [2.24, 2.45) is 0 Å². The smallest absolute Gasteiger partial charge is 0.128 e. The summed E-state index contributed by atoms with van der Waals surface area (Å²) in [5, 5.41) is 3.35. The molecule has 4 nitrogen and oxygen atoms in total. The van der Waals surface area contributed by atoms with Gasteiger partial charge in [-0.1, -0.05) is 6.07 Å². The van der Waals surface area contributed by atoms with Gasteiger partial charge in [0.1, 0.15) is 5.82 Å². The average molecular weight is 247 g/mol. The number of piperidine rings is 1. The fourth-order valence-corrected chi connectivity index (χ4v) is 2.78. The van der Waals surface area contributed by atoms with Crippen LogP contribution in [-0.2, 0) is 4.74 Å². The van der Waals surface area contributed by atoms with Crippen molar-refractivity contribution in [3.8, 4) is 0 Å². The zero-order valence-electron chi connectivity index (χ0n) is 10.7. The van der Waals surface area contributed by atoms with Crippen molar-refractivity contribution in [2.75, 3.05) is 31.1 Å². The molecule has 0 aliphatic carbocycles. The number of ether oxygens (including phenoxy) is 1. The topological polar surface area (TPSA) is 37.4 Å². The van der Waals surface area contributed by atoms with Crippen molar-refractivity contribution < 1.29 is 4.74 Å². The van der Waals surface area contributed by atoms with Crippen LogP contribution in [0.5, 0.6) is 0 Å². The monoisotopic (exact) mass is 247 g/mol.